The van der Waals surface area contributed by atoms with E-state index in [-0.39, 0.29) is 6.42 Å². The van der Waals surface area contributed by atoms with Crippen LogP contribution in [-0.4, -0.2) is 50.8 Å². The summed E-state index contributed by atoms with van der Waals surface area (Å²) in [6.07, 6.45) is 0.233. The molecule has 0 spiro atoms. The van der Waals surface area contributed by atoms with E-state index >= 15 is 0 Å². The maximum atomic E-state index is 12.0. The first-order valence-corrected chi connectivity index (χ1v) is 5.96. The number of carboxylic acid groups (broad SMARTS) is 2. The van der Waals surface area contributed by atoms with Crippen molar-refractivity contribution in [3.05, 3.63) is 0 Å². The molecular formula is C12H17NO6. The lowest BCUT2D eigenvalue weighted by Gasteiger charge is -2.44. The number of carbonyl (C=O) groups is 4. The Balaban J connectivity index is 2.97. The number of Topliss-reactive ketones (excluding diaryl/α,β-unsaturated/α-hetero) is 1. The highest BCUT2D eigenvalue weighted by atomic mass is 16.4. The van der Waals surface area contributed by atoms with Crippen molar-refractivity contribution in [3.8, 4) is 0 Å². The molecule has 1 rings (SSSR count). The highest BCUT2D eigenvalue weighted by Gasteiger charge is 2.52. The Labute approximate surface area is 110 Å². The van der Waals surface area contributed by atoms with E-state index in [1.54, 1.807) is 20.8 Å². The van der Waals surface area contributed by atoms with Crippen LogP contribution in [-0.2, 0) is 19.2 Å². The van der Waals surface area contributed by atoms with E-state index in [4.69, 9.17) is 10.2 Å². The van der Waals surface area contributed by atoms with Gasteiger partial charge in [0.25, 0.3) is 5.91 Å². The molecule has 2 atom stereocenters. The van der Waals surface area contributed by atoms with Gasteiger partial charge >= 0.3 is 11.9 Å². The minimum atomic E-state index is -1.30. The van der Waals surface area contributed by atoms with E-state index < -0.39 is 41.1 Å². The number of rotatable bonds is 5. The van der Waals surface area contributed by atoms with E-state index in [1.807, 2.05) is 0 Å². The summed E-state index contributed by atoms with van der Waals surface area (Å²) in [5.41, 5.74) is -0.932. The number of aliphatic carboxylic acids is 2. The van der Waals surface area contributed by atoms with Crippen LogP contribution < -0.4 is 0 Å². The van der Waals surface area contributed by atoms with Crippen LogP contribution in [0.4, 0.5) is 0 Å². The molecule has 1 saturated heterocycles. The maximum Gasteiger partial charge on any atom is 0.326 e. The third-order valence-corrected chi connectivity index (χ3v) is 3.62. The van der Waals surface area contributed by atoms with E-state index in [9.17, 15) is 19.2 Å². The molecule has 1 fully saturated rings. The summed E-state index contributed by atoms with van der Waals surface area (Å²) < 4.78 is 0. The number of likely N-dealkylation sites (tertiary alicyclic amines) is 1. The molecule has 0 aromatic heterocycles. The number of amides is 1. The zero-order valence-electron chi connectivity index (χ0n) is 11.0. The van der Waals surface area contributed by atoms with Crippen molar-refractivity contribution in [1.82, 2.24) is 4.90 Å². The number of nitrogens with zero attached hydrogens (tertiary/aromatic N) is 1. The fourth-order valence-electron chi connectivity index (χ4n) is 1.81. The van der Waals surface area contributed by atoms with Crippen LogP contribution in [0.1, 0.15) is 33.6 Å². The first kappa shape index (κ1) is 15.1. The SMILES string of the molecule is CCC(C)(C)C(=O)C(=O)N1[C@H](C(=O)O)C[C@H]1C(=O)O. The second-order valence-electron chi connectivity index (χ2n) is 5.22. The van der Waals surface area contributed by atoms with Crippen molar-refractivity contribution in [1.29, 1.82) is 0 Å². The van der Waals surface area contributed by atoms with Crippen molar-refractivity contribution in [3.63, 3.8) is 0 Å². The molecule has 1 aliphatic heterocycles. The van der Waals surface area contributed by atoms with Gasteiger partial charge in [0.2, 0.25) is 5.78 Å². The van der Waals surface area contributed by atoms with Gasteiger partial charge in [-0.05, 0) is 6.42 Å². The monoisotopic (exact) mass is 271 g/mol. The Hall–Kier alpha value is -1.92. The van der Waals surface area contributed by atoms with Gasteiger partial charge in [-0.1, -0.05) is 20.8 Å². The molecular weight excluding hydrogens is 254 g/mol. The van der Waals surface area contributed by atoms with Crippen molar-refractivity contribution in [2.45, 2.75) is 45.7 Å². The van der Waals surface area contributed by atoms with E-state index in [2.05, 4.69) is 0 Å². The van der Waals surface area contributed by atoms with E-state index in [0.29, 0.717) is 11.3 Å². The second-order valence-corrected chi connectivity index (χ2v) is 5.22. The molecule has 19 heavy (non-hydrogen) atoms. The molecule has 0 saturated carbocycles. The van der Waals surface area contributed by atoms with Crippen LogP contribution in [0.25, 0.3) is 0 Å². The van der Waals surface area contributed by atoms with Gasteiger partial charge in [-0.3, -0.25) is 9.59 Å². The second kappa shape index (κ2) is 4.99. The predicted octanol–water partition coefficient (Wildman–Crippen LogP) is 0.130. The zero-order chi connectivity index (χ0) is 15.0. The van der Waals surface area contributed by atoms with E-state index in [1.165, 1.54) is 0 Å². The standard InChI is InChI=1S/C12H17NO6/c1-4-12(2,3)8(14)9(15)13-6(10(16)17)5-7(13)11(18)19/h6-7H,4-5H2,1-3H3,(H,16,17)(H,18,19)/t6-,7-/m0/s1. The Morgan fingerprint density at radius 2 is 1.53 bits per heavy atom. The molecule has 1 amide bonds. The molecule has 2 N–H and O–H groups in total. The van der Waals surface area contributed by atoms with Crippen LogP contribution in [0.5, 0.6) is 0 Å². The highest BCUT2D eigenvalue weighted by molar-refractivity contribution is 6.38. The molecule has 0 aromatic rings. The average molecular weight is 271 g/mol. The molecule has 7 heteroatoms. The maximum absolute atomic E-state index is 12.0. The van der Waals surface area contributed by atoms with Gasteiger partial charge in [-0.25, -0.2) is 9.59 Å². The fourth-order valence-corrected chi connectivity index (χ4v) is 1.81. The Kier molecular flexibility index (Phi) is 3.97. The molecule has 106 valence electrons. The normalized spacial score (nSPS) is 22.6. The third-order valence-electron chi connectivity index (χ3n) is 3.62. The lowest BCUT2D eigenvalue weighted by molar-refractivity contribution is -0.174. The minimum absolute atomic E-state index is 0.170. The Morgan fingerprint density at radius 1 is 1.11 bits per heavy atom. The Morgan fingerprint density at radius 3 is 1.84 bits per heavy atom. The van der Waals surface area contributed by atoms with Gasteiger partial charge in [-0.15, -0.1) is 0 Å². The number of ketones is 1. The van der Waals surface area contributed by atoms with Crippen LogP contribution in [0.15, 0.2) is 0 Å². The summed E-state index contributed by atoms with van der Waals surface area (Å²) in [7, 11) is 0. The molecule has 0 aromatic carbocycles. The summed E-state index contributed by atoms with van der Waals surface area (Å²) in [5, 5.41) is 17.8. The van der Waals surface area contributed by atoms with Crippen molar-refractivity contribution in [2.75, 3.05) is 0 Å². The summed E-state index contributed by atoms with van der Waals surface area (Å²) in [6, 6.07) is -2.46. The van der Waals surface area contributed by atoms with Gasteiger partial charge in [0.15, 0.2) is 0 Å². The molecule has 1 aliphatic rings. The third kappa shape index (κ3) is 2.59. The number of hydrogen-bond acceptors (Lipinski definition) is 4. The van der Waals surface area contributed by atoms with Crippen molar-refractivity contribution < 1.29 is 29.4 Å². The van der Waals surface area contributed by atoms with Gasteiger partial charge in [0, 0.05) is 11.8 Å². The highest BCUT2D eigenvalue weighted by Crippen LogP contribution is 2.30. The van der Waals surface area contributed by atoms with Gasteiger partial charge in [0.1, 0.15) is 12.1 Å². The lowest BCUT2D eigenvalue weighted by Crippen LogP contribution is -2.66. The molecule has 0 radical (unpaired) electrons. The van der Waals surface area contributed by atoms with Gasteiger partial charge < -0.3 is 15.1 Å². The summed E-state index contributed by atoms with van der Waals surface area (Å²) in [5.74, 6) is -4.38. The van der Waals surface area contributed by atoms with Crippen LogP contribution in [0.2, 0.25) is 0 Å². The quantitative estimate of drug-likeness (QED) is 0.687. The Bertz CT molecular complexity index is 422. The summed E-state index contributed by atoms with van der Waals surface area (Å²) in [4.78, 5) is 46.5. The number of hydrogen-bond donors (Lipinski definition) is 2. The van der Waals surface area contributed by atoms with Crippen molar-refractivity contribution in [2.24, 2.45) is 5.41 Å². The molecule has 0 unspecified atom stereocenters. The molecule has 0 aliphatic carbocycles. The van der Waals surface area contributed by atoms with Crippen LogP contribution in [0.3, 0.4) is 0 Å². The summed E-state index contributed by atoms with van der Waals surface area (Å²) >= 11 is 0. The zero-order valence-corrected chi connectivity index (χ0v) is 11.0. The average Bonchev–Trinajstić information content (AvgIpc) is 2.25. The fraction of sp³-hybridized carbons (Fsp3) is 0.667. The first-order chi connectivity index (χ1) is 8.63. The topological polar surface area (TPSA) is 112 Å². The van der Waals surface area contributed by atoms with Crippen LogP contribution >= 0.6 is 0 Å². The minimum Gasteiger partial charge on any atom is -0.480 e. The van der Waals surface area contributed by atoms with Gasteiger partial charge in [0.05, 0.1) is 0 Å². The van der Waals surface area contributed by atoms with Gasteiger partial charge in [-0.2, -0.15) is 0 Å². The molecule has 7 nitrogen and oxygen atoms in total. The largest absolute Gasteiger partial charge is 0.480 e. The van der Waals surface area contributed by atoms with Crippen LogP contribution in [0, 0.1) is 5.41 Å². The number of carboxylic acids is 2. The predicted molar refractivity (Wildman–Crippen MR) is 63.4 cm³/mol. The smallest absolute Gasteiger partial charge is 0.326 e. The molecule has 1 heterocycles. The van der Waals surface area contributed by atoms with E-state index in [0.717, 1.165) is 0 Å². The lowest BCUT2D eigenvalue weighted by atomic mass is 9.82. The van der Waals surface area contributed by atoms with Crippen molar-refractivity contribution >= 4 is 23.6 Å². The molecule has 0 bridgehead atoms. The summed E-state index contributed by atoms with van der Waals surface area (Å²) in [6.45, 7) is 4.86. The first-order valence-electron chi connectivity index (χ1n) is 5.96. The number of carbonyl (C=O) groups excluding carboxylic acids is 2.